The first kappa shape index (κ1) is 18.2. The Morgan fingerprint density at radius 2 is 2.00 bits per heavy atom. The van der Waals surface area contributed by atoms with E-state index < -0.39 is 0 Å². The molecule has 0 saturated heterocycles. The van der Waals surface area contributed by atoms with E-state index in [0.29, 0.717) is 6.54 Å². The largest absolute Gasteiger partial charge is 0.360 e. The topological polar surface area (TPSA) is 95.3 Å². The van der Waals surface area contributed by atoms with E-state index in [1.54, 1.807) is 11.1 Å². The summed E-state index contributed by atoms with van der Waals surface area (Å²) < 4.78 is 0. The van der Waals surface area contributed by atoms with Crippen molar-refractivity contribution in [2.45, 2.75) is 19.1 Å². The maximum absolute atomic E-state index is 12.6. The highest BCUT2D eigenvalue weighted by Gasteiger charge is 2.31. The zero-order chi connectivity index (χ0) is 19.3. The maximum Gasteiger partial charge on any atom is 0.327 e. The Bertz CT molecular complexity index is 891. The summed E-state index contributed by atoms with van der Waals surface area (Å²) in [4.78, 5) is 18.6. The zero-order valence-electron chi connectivity index (χ0n) is 15.6. The molecule has 0 bridgehead atoms. The molecule has 1 atom stereocenters. The molecule has 0 spiro atoms. The summed E-state index contributed by atoms with van der Waals surface area (Å²) in [5, 5.41) is 9.66. The van der Waals surface area contributed by atoms with Crippen molar-refractivity contribution in [3.63, 3.8) is 0 Å². The van der Waals surface area contributed by atoms with Gasteiger partial charge in [-0.2, -0.15) is 0 Å². The molecule has 2 aliphatic heterocycles. The fraction of sp³-hybridized carbons (Fsp3) is 0.238. The molecule has 0 radical (unpaired) electrons. The number of pyridine rings is 1. The molecular formula is C21H24N6O. The van der Waals surface area contributed by atoms with Crippen molar-refractivity contribution in [2.75, 3.05) is 18.0 Å². The van der Waals surface area contributed by atoms with Crippen LogP contribution in [-0.2, 0) is 6.54 Å². The summed E-state index contributed by atoms with van der Waals surface area (Å²) in [5.41, 5.74) is 10.2. The number of anilines is 1. The van der Waals surface area contributed by atoms with Crippen LogP contribution in [0.4, 0.5) is 10.5 Å². The lowest BCUT2D eigenvalue weighted by Crippen LogP contribution is -2.51. The monoisotopic (exact) mass is 376 g/mol. The minimum atomic E-state index is -0.230. The number of hydrogen-bond acceptors (Lipinski definition) is 5. The van der Waals surface area contributed by atoms with E-state index in [2.05, 4.69) is 20.9 Å². The molecule has 1 unspecified atom stereocenters. The van der Waals surface area contributed by atoms with Crippen molar-refractivity contribution in [3.05, 3.63) is 77.8 Å². The molecule has 2 aliphatic rings. The van der Waals surface area contributed by atoms with E-state index in [9.17, 15) is 4.79 Å². The van der Waals surface area contributed by atoms with Gasteiger partial charge in [0.05, 0.1) is 17.1 Å². The number of nitrogens with zero attached hydrogens (tertiary/aromatic N) is 2. The third-order valence-electron chi connectivity index (χ3n) is 4.75. The van der Waals surface area contributed by atoms with Gasteiger partial charge in [0.25, 0.3) is 0 Å². The van der Waals surface area contributed by atoms with Gasteiger partial charge in [-0.1, -0.05) is 18.2 Å². The van der Waals surface area contributed by atoms with Gasteiger partial charge in [0.1, 0.15) is 6.17 Å². The van der Waals surface area contributed by atoms with E-state index >= 15 is 0 Å². The van der Waals surface area contributed by atoms with Crippen LogP contribution in [0.5, 0.6) is 0 Å². The van der Waals surface area contributed by atoms with Gasteiger partial charge in [0.15, 0.2) is 0 Å². The van der Waals surface area contributed by atoms with Crippen LogP contribution in [0.1, 0.15) is 17.7 Å². The smallest absolute Gasteiger partial charge is 0.327 e. The van der Waals surface area contributed by atoms with Crippen LogP contribution in [-0.4, -0.2) is 30.3 Å². The van der Waals surface area contributed by atoms with E-state index in [4.69, 9.17) is 5.73 Å². The number of amides is 2. The molecule has 7 heteroatoms. The summed E-state index contributed by atoms with van der Waals surface area (Å²) in [6, 6.07) is 13.6. The molecule has 0 aliphatic carbocycles. The average molecular weight is 376 g/mol. The molecule has 5 N–H and O–H groups in total. The molecule has 2 amide bonds. The number of fused-ring (bicyclic) bond motifs is 1. The van der Waals surface area contributed by atoms with Gasteiger partial charge in [-0.3, -0.25) is 9.88 Å². The molecule has 4 rings (SSSR count). The Labute approximate surface area is 164 Å². The minimum Gasteiger partial charge on any atom is -0.360 e. The molecule has 1 aromatic carbocycles. The highest BCUT2D eigenvalue weighted by atomic mass is 16.2. The van der Waals surface area contributed by atoms with Gasteiger partial charge in [-0.25, -0.2) is 4.79 Å². The SMILES string of the molecule is NCCCNCc1ccc(N2C=C3C=C(c4ccccn4)NC3NC2=O)cc1. The van der Waals surface area contributed by atoms with Gasteiger partial charge in [0, 0.05) is 24.5 Å². The molecular weight excluding hydrogens is 352 g/mol. The number of rotatable bonds is 7. The summed E-state index contributed by atoms with van der Waals surface area (Å²) in [6.45, 7) is 2.38. The van der Waals surface area contributed by atoms with Gasteiger partial charge in [-0.15, -0.1) is 0 Å². The predicted octanol–water partition coefficient (Wildman–Crippen LogP) is 1.90. The molecule has 0 fully saturated rings. The second kappa shape index (κ2) is 8.24. The van der Waals surface area contributed by atoms with Gasteiger partial charge < -0.3 is 21.7 Å². The lowest BCUT2D eigenvalue weighted by atomic mass is 10.1. The quantitative estimate of drug-likeness (QED) is 0.554. The maximum atomic E-state index is 12.6. The lowest BCUT2D eigenvalue weighted by Gasteiger charge is -2.29. The standard InChI is InChI=1S/C21H24N6O/c22-9-3-10-23-13-15-5-7-17(8-6-15)27-14-16-12-19(18-4-1-2-11-24-18)25-20(16)26-21(27)28/h1-2,4-8,11-12,14,20,23,25H,3,9-10,13,22H2,(H,26,28). The Morgan fingerprint density at radius 3 is 2.75 bits per heavy atom. The first-order chi connectivity index (χ1) is 13.7. The van der Waals surface area contributed by atoms with Crippen molar-refractivity contribution >= 4 is 17.4 Å². The van der Waals surface area contributed by atoms with Crippen LogP contribution in [0.3, 0.4) is 0 Å². The highest BCUT2D eigenvalue weighted by molar-refractivity contribution is 5.96. The third kappa shape index (κ3) is 3.90. The number of nitrogens with one attached hydrogen (secondary N) is 3. The zero-order valence-corrected chi connectivity index (χ0v) is 15.6. The van der Waals surface area contributed by atoms with Crippen molar-refractivity contribution < 1.29 is 4.79 Å². The average Bonchev–Trinajstić information content (AvgIpc) is 3.15. The molecule has 7 nitrogen and oxygen atoms in total. The van der Waals surface area contributed by atoms with E-state index in [0.717, 1.165) is 42.2 Å². The summed E-state index contributed by atoms with van der Waals surface area (Å²) in [5.74, 6) is 0. The van der Waals surface area contributed by atoms with Crippen molar-refractivity contribution in [1.82, 2.24) is 20.9 Å². The number of aromatic nitrogens is 1. The number of benzene rings is 1. The second-order valence-electron chi connectivity index (χ2n) is 6.78. The van der Waals surface area contributed by atoms with Crippen LogP contribution in [0, 0.1) is 0 Å². The second-order valence-corrected chi connectivity index (χ2v) is 6.78. The molecule has 1 aromatic heterocycles. The number of urea groups is 1. The molecule has 2 aromatic rings. The summed E-state index contributed by atoms with van der Waals surface area (Å²) in [6.07, 6.45) is 6.39. The molecule has 3 heterocycles. The van der Waals surface area contributed by atoms with Gasteiger partial charge >= 0.3 is 6.03 Å². The summed E-state index contributed by atoms with van der Waals surface area (Å²) >= 11 is 0. The van der Waals surface area contributed by atoms with Crippen molar-refractivity contribution in [1.29, 1.82) is 0 Å². The Morgan fingerprint density at radius 1 is 1.14 bits per heavy atom. The normalized spacial score (nSPS) is 18.1. The van der Waals surface area contributed by atoms with Crippen LogP contribution in [0.25, 0.3) is 5.70 Å². The molecule has 144 valence electrons. The van der Waals surface area contributed by atoms with E-state index in [-0.39, 0.29) is 12.2 Å². The van der Waals surface area contributed by atoms with Gasteiger partial charge in [0.2, 0.25) is 0 Å². The van der Waals surface area contributed by atoms with Crippen LogP contribution in [0.2, 0.25) is 0 Å². The third-order valence-corrected chi connectivity index (χ3v) is 4.75. The number of nitrogens with two attached hydrogens (primary N) is 1. The molecule has 0 saturated carbocycles. The first-order valence-electron chi connectivity index (χ1n) is 9.45. The Balaban J connectivity index is 1.48. The van der Waals surface area contributed by atoms with Crippen LogP contribution in [0.15, 0.2) is 66.5 Å². The Kier molecular flexibility index (Phi) is 5.36. The predicted molar refractivity (Wildman–Crippen MR) is 110 cm³/mol. The number of carbonyl (C=O) groups excluding carboxylic acids is 1. The lowest BCUT2D eigenvalue weighted by molar-refractivity contribution is 0.244. The van der Waals surface area contributed by atoms with Gasteiger partial charge in [-0.05, 0) is 55.4 Å². The molecule has 28 heavy (non-hydrogen) atoms. The van der Waals surface area contributed by atoms with Crippen molar-refractivity contribution in [3.8, 4) is 0 Å². The van der Waals surface area contributed by atoms with E-state index in [1.165, 1.54) is 5.56 Å². The first-order valence-corrected chi connectivity index (χ1v) is 9.45. The van der Waals surface area contributed by atoms with Crippen molar-refractivity contribution in [2.24, 2.45) is 5.73 Å². The van der Waals surface area contributed by atoms with E-state index in [1.807, 2.05) is 54.7 Å². The Hall–Kier alpha value is -3.16. The number of hydrogen-bond donors (Lipinski definition) is 4. The fourth-order valence-corrected chi connectivity index (χ4v) is 3.26. The highest BCUT2D eigenvalue weighted by Crippen LogP contribution is 2.27. The summed E-state index contributed by atoms with van der Waals surface area (Å²) in [7, 11) is 0. The minimum absolute atomic E-state index is 0.161. The van der Waals surface area contributed by atoms with Crippen LogP contribution < -0.4 is 26.6 Å². The fourth-order valence-electron chi connectivity index (χ4n) is 3.26. The number of carbonyl (C=O) groups is 1. The van der Waals surface area contributed by atoms with Crippen LogP contribution >= 0.6 is 0 Å².